The number of nitrogens with one attached hydrogen (secondary N) is 2. The van der Waals surface area contributed by atoms with Gasteiger partial charge in [-0.15, -0.1) is 0 Å². The third-order valence-electron chi connectivity index (χ3n) is 7.98. The zero-order valence-corrected chi connectivity index (χ0v) is 26.6. The molecule has 3 amide bonds. The molecule has 0 bridgehead atoms. The van der Waals surface area contributed by atoms with Crippen LogP contribution in [0.4, 0.5) is 24.2 Å². The first-order valence-electron chi connectivity index (χ1n) is 15.0. The van der Waals surface area contributed by atoms with Gasteiger partial charge in [0.1, 0.15) is 16.3 Å². The van der Waals surface area contributed by atoms with Crippen molar-refractivity contribution in [2.75, 3.05) is 45.2 Å². The molecule has 242 valence electrons. The lowest BCUT2D eigenvalue weighted by Gasteiger charge is -2.28. The van der Waals surface area contributed by atoms with Crippen molar-refractivity contribution >= 4 is 29.5 Å². The maximum Gasteiger partial charge on any atom is 0.410 e. The van der Waals surface area contributed by atoms with Crippen LogP contribution >= 0.6 is 11.6 Å². The first kappa shape index (κ1) is 32.6. The van der Waals surface area contributed by atoms with Crippen LogP contribution in [0.15, 0.2) is 48.5 Å². The molecule has 0 aliphatic carbocycles. The highest BCUT2D eigenvalue weighted by Crippen LogP contribution is 2.40. The summed E-state index contributed by atoms with van der Waals surface area (Å²) < 4.78 is 40.3. The van der Waals surface area contributed by atoms with Gasteiger partial charge in [0.15, 0.2) is 17.5 Å². The molecule has 2 fully saturated rings. The van der Waals surface area contributed by atoms with Gasteiger partial charge in [-0.05, 0) is 63.4 Å². The molecule has 3 atom stereocenters. The molecule has 2 aliphatic heterocycles. The number of hydrogen-bond acceptors (Lipinski definition) is 6. The molecular weight excluding hydrogens is 606 g/mol. The Bertz CT molecular complexity index is 1520. The highest BCUT2D eigenvalue weighted by atomic mass is 35.5. The van der Waals surface area contributed by atoms with Gasteiger partial charge < -0.3 is 14.8 Å². The van der Waals surface area contributed by atoms with E-state index >= 15 is 0 Å². The summed E-state index contributed by atoms with van der Waals surface area (Å²) in [6.07, 6.45) is 0.921. The molecule has 1 unspecified atom stereocenters. The number of likely N-dealkylation sites (tertiary alicyclic amines) is 2. The number of benzene rings is 2. The van der Waals surface area contributed by atoms with Gasteiger partial charge in [-0.3, -0.25) is 15.1 Å². The minimum Gasteiger partial charge on any atom is -0.444 e. The Hall–Kier alpha value is -3.74. The Morgan fingerprint density at radius 2 is 1.84 bits per heavy atom. The number of anilines is 1. The molecule has 0 saturated carbocycles. The van der Waals surface area contributed by atoms with Crippen molar-refractivity contribution in [2.45, 2.75) is 57.2 Å². The number of carbonyl (C=O) groups excluding carboxylic acids is 2. The molecule has 5 rings (SSSR count). The fourth-order valence-electron chi connectivity index (χ4n) is 5.91. The monoisotopic (exact) mass is 644 g/mol. The molecule has 2 aromatic carbocycles. The molecule has 1 aromatic heterocycles. The number of hydrogen-bond donors (Lipinski definition) is 2. The van der Waals surface area contributed by atoms with E-state index in [1.165, 1.54) is 6.07 Å². The molecule has 3 heterocycles. The second-order valence-corrected chi connectivity index (χ2v) is 12.7. The number of nitrogens with zero attached hydrogens (tertiary/aromatic N) is 4. The summed E-state index contributed by atoms with van der Waals surface area (Å²) in [5.41, 5.74) is 1.02. The topological polar surface area (TPSA) is 101 Å². The molecule has 3 aromatic rings. The average molecular weight is 645 g/mol. The van der Waals surface area contributed by atoms with E-state index in [1.54, 1.807) is 22.8 Å². The Labute approximate surface area is 266 Å². The van der Waals surface area contributed by atoms with Crippen molar-refractivity contribution in [3.05, 3.63) is 76.4 Å². The van der Waals surface area contributed by atoms with Crippen LogP contribution in [0.3, 0.4) is 0 Å². The maximum absolute atomic E-state index is 14.2. The highest BCUT2D eigenvalue weighted by Gasteiger charge is 2.38. The van der Waals surface area contributed by atoms with Gasteiger partial charge in [0.2, 0.25) is 0 Å². The second-order valence-electron chi connectivity index (χ2n) is 12.4. The van der Waals surface area contributed by atoms with Crippen molar-refractivity contribution in [3.8, 4) is 5.69 Å². The van der Waals surface area contributed by atoms with Crippen LogP contribution in [0.2, 0.25) is 5.02 Å². The van der Waals surface area contributed by atoms with Gasteiger partial charge in [0, 0.05) is 39.2 Å². The predicted molar refractivity (Wildman–Crippen MR) is 167 cm³/mol. The summed E-state index contributed by atoms with van der Waals surface area (Å²) >= 11 is 6.96. The molecule has 2 aliphatic rings. The van der Waals surface area contributed by atoms with Crippen LogP contribution < -0.4 is 10.6 Å². The second kappa shape index (κ2) is 13.7. The lowest BCUT2D eigenvalue weighted by Crippen LogP contribution is -2.42. The van der Waals surface area contributed by atoms with Crippen molar-refractivity contribution in [3.63, 3.8) is 0 Å². The minimum absolute atomic E-state index is 0.208. The van der Waals surface area contributed by atoms with E-state index < -0.39 is 41.4 Å². The largest absolute Gasteiger partial charge is 0.444 e. The molecule has 2 saturated heterocycles. The Kier molecular flexibility index (Phi) is 9.95. The smallest absolute Gasteiger partial charge is 0.410 e. The molecule has 2 N–H and O–H groups in total. The predicted octanol–water partition coefficient (Wildman–Crippen LogP) is 6.11. The lowest BCUT2D eigenvalue weighted by molar-refractivity contribution is 0.0221. The molecule has 0 spiro atoms. The number of aromatic nitrogens is 2. The number of urea groups is 1. The van der Waals surface area contributed by atoms with Crippen LogP contribution in [0.5, 0.6) is 0 Å². The van der Waals surface area contributed by atoms with E-state index in [-0.39, 0.29) is 16.8 Å². The van der Waals surface area contributed by atoms with Crippen LogP contribution in [0, 0.1) is 11.6 Å². The number of ether oxygens (including phenoxy) is 2. The van der Waals surface area contributed by atoms with Crippen LogP contribution in [0.1, 0.15) is 56.8 Å². The zero-order valence-electron chi connectivity index (χ0n) is 25.9. The van der Waals surface area contributed by atoms with E-state index in [4.69, 9.17) is 26.2 Å². The molecule has 10 nitrogen and oxygen atoms in total. The van der Waals surface area contributed by atoms with E-state index in [0.717, 1.165) is 12.5 Å². The quantitative estimate of drug-likeness (QED) is 0.307. The van der Waals surface area contributed by atoms with Crippen LogP contribution in [-0.2, 0) is 9.47 Å². The Morgan fingerprint density at radius 1 is 1.09 bits per heavy atom. The summed E-state index contributed by atoms with van der Waals surface area (Å²) in [5.74, 6) is -1.93. The van der Waals surface area contributed by atoms with E-state index in [0.29, 0.717) is 56.2 Å². The first-order chi connectivity index (χ1) is 21.4. The fourth-order valence-corrected chi connectivity index (χ4v) is 6.20. The number of rotatable bonds is 8. The zero-order chi connectivity index (χ0) is 32.3. The van der Waals surface area contributed by atoms with Gasteiger partial charge in [0.25, 0.3) is 0 Å². The lowest BCUT2D eigenvalue weighted by atomic mass is 9.94. The van der Waals surface area contributed by atoms with Crippen molar-refractivity contribution in [1.82, 2.24) is 24.9 Å². The summed E-state index contributed by atoms with van der Waals surface area (Å²) in [5, 5.41) is 10.9. The van der Waals surface area contributed by atoms with Gasteiger partial charge in [-0.1, -0.05) is 35.9 Å². The van der Waals surface area contributed by atoms with Gasteiger partial charge >= 0.3 is 12.1 Å². The third kappa shape index (κ3) is 7.57. The molecule has 45 heavy (non-hydrogen) atoms. The highest BCUT2D eigenvalue weighted by molar-refractivity contribution is 6.34. The van der Waals surface area contributed by atoms with Gasteiger partial charge in [-0.2, -0.15) is 5.10 Å². The van der Waals surface area contributed by atoms with Gasteiger partial charge in [0.05, 0.1) is 24.4 Å². The van der Waals surface area contributed by atoms with E-state index in [1.807, 2.05) is 51.1 Å². The Morgan fingerprint density at radius 3 is 2.53 bits per heavy atom. The fraction of sp³-hybridized carbons (Fsp3) is 0.469. The average Bonchev–Trinajstić information content (AvgIpc) is 3.71. The van der Waals surface area contributed by atoms with Crippen LogP contribution in [-0.4, -0.2) is 83.2 Å². The Balaban J connectivity index is 1.42. The molecular formula is C32H39ClF2N6O4. The third-order valence-corrected chi connectivity index (χ3v) is 8.35. The SMILES string of the molecule is COCCN1C[C@@H](NC(=O)Nc2c(Cl)c(C3CCCN3C(=O)OC(C)(C)C)nn2-c2ccccc2)[C@H](c2ccc(F)c(F)c2)C1. The number of amides is 3. The minimum atomic E-state index is -0.940. The van der Waals surface area contributed by atoms with Crippen molar-refractivity contribution in [2.24, 2.45) is 0 Å². The van der Waals surface area contributed by atoms with E-state index in [2.05, 4.69) is 15.5 Å². The van der Waals surface area contributed by atoms with Crippen LogP contribution in [0.25, 0.3) is 5.69 Å². The normalized spacial score (nSPS) is 20.4. The molecule has 0 radical (unpaired) electrons. The number of carbonyl (C=O) groups is 2. The summed E-state index contributed by atoms with van der Waals surface area (Å²) in [7, 11) is 1.61. The maximum atomic E-state index is 14.2. The van der Waals surface area contributed by atoms with Gasteiger partial charge in [-0.25, -0.2) is 23.1 Å². The number of methoxy groups -OCH3 is 1. The molecule has 13 heteroatoms. The standard InChI is InChI=1S/C32H39ClF2N6O4/c1-32(2,3)45-31(43)40-14-8-11-26(40)28-27(33)29(41(38-28)21-9-6-5-7-10-21)37-30(42)36-25-19-39(15-16-44-4)18-22(25)20-12-13-23(34)24(35)17-20/h5-7,9-10,12-13,17,22,25-26H,8,11,14-16,18-19H2,1-4H3,(H2,36,37,42)/t22-,25+,26?/m0/s1. The number of halogens is 3. The first-order valence-corrected chi connectivity index (χ1v) is 15.4. The van der Waals surface area contributed by atoms with Crippen molar-refractivity contribution < 1.29 is 27.8 Å². The van der Waals surface area contributed by atoms with Crippen molar-refractivity contribution in [1.29, 1.82) is 0 Å². The van der Waals surface area contributed by atoms with E-state index in [9.17, 15) is 18.4 Å². The number of para-hydroxylation sites is 1. The summed E-state index contributed by atoms with van der Waals surface area (Å²) in [6, 6.07) is 11.6. The summed E-state index contributed by atoms with van der Waals surface area (Å²) in [4.78, 5) is 30.4. The summed E-state index contributed by atoms with van der Waals surface area (Å²) in [6.45, 7) is 8.02.